The summed E-state index contributed by atoms with van der Waals surface area (Å²) >= 11 is 3.59. The Balaban J connectivity index is 1.76. The van der Waals surface area contributed by atoms with Crippen molar-refractivity contribution in [3.8, 4) is 17.2 Å². The monoisotopic (exact) mass is 398 g/mol. The first-order valence-corrected chi connectivity index (χ1v) is 8.76. The molecule has 25 heavy (non-hydrogen) atoms. The molecule has 128 valence electrons. The van der Waals surface area contributed by atoms with E-state index in [1.54, 1.807) is 7.11 Å². The second kappa shape index (κ2) is 8.58. The van der Waals surface area contributed by atoms with E-state index in [9.17, 15) is 0 Å². The third-order valence-electron chi connectivity index (χ3n) is 3.69. The van der Waals surface area contributed by atoms with Crippen LogP contribution in [0.15, 0.2) is 77.3 Å². The predicted octanol–water partition coefficient (Wildman–Crippen LogP) is 5.62. The quantitative estimate of drug-likeness (QED) is 0.517. The van der Waals surface area contributed by atoms with Crippen molar-refractivity contribution in [3.05, 3.63) is 88.4 Å². The van der Waals surface area contributed by atoms with Crippen LogP contribution in [0.25, 0.3) is 0 Å². The molecule has 0 aliphatic rings. The van der Waals surface area contributed by atoms with Gasteiger partial charge in [0, 0.05) is 12.1 Å². The van der Waals surface area contributed by atoms with Gasteiger partial charge >= 0.3 is 0 Å². The van der Waals surface area contributed by atoms with Gasteiger partial charge in [-0.05, 0) is 27.1 Å². The third kappa shape index (κ3) is 4.77. The van der Waals surface area contributed by atoms with E-state index in [1.807, 2.05) is 72.8 Å². The fourth-order valence-electron chi connectivity index (χ4n) is 2.35. The molecule has 0 aliphatic carbocycles. The Morgan fingerprint density at radius 2 is 1.16 bits per heavy atom. The third-order valence-corrected chi connectivity index (χ3v) is 4.47. The highest BCUT2D eigenvalue weighted by Crippen LogP contribution is 2.39. The van der Waals surface area contributed by atoms with Crippen LogP contribution in [0.4, 0.5) is 0 Å². The van der Waals surface area contributed by atoms with Crippen molar-refractivity contribution >= 4 is 15.9 Å². The molecule has 0 aliphatic heterocycles. The van der Waals surface area contributed by atoms with Gasteiger partial charge in [0.05, 0.1) is 7.11 Å². The van der Waals surface area contributed by atoms with Crippen molar-refractivity contribution in [1.29, 1.82) is 0 Å². The molecule has 0 aromatic heterocycles. The second-order valence-corrected chi connectivity index (χ2v) is 6.28. The maximum absolute atomic E-state index is 5.95. The summed E-state index contributed by atoms with van der Waals surface area (Å²) in [6.07, 6.45) is 0. The van der Waals surface area contributed by atoms with Gasteiger partial charge in [-0.2, -0.15) is 0 Å². The lowest BCUT2D eigenvalue weighted by atomic mass is 10.2. The van der Waals surface area contributed by atoms with Crippen LogP contribution < -0.4 is 14.2 Å². The van der Waals surface area contributed by atoms with E-state index in [-0.39, 0.29) is 0 Å². The van der Waals surface area contributed by atoms with Crippen LogP contribution in [0, 0.1) is 0 Å². The maximum atomic E-state index is 5.95. The molecule has 0 amide bonds. The zero-order valence-corrected chi connectivity index (χ0v) is 15.5. The molecule has 0 unspecified atom stereocenters. The lowest BCUT2D eigenvalue weighted by Crippen LogP contribution is -2.00. The Morgan fingerprint density at radius 3 is 1.56 bits per heavy atom. The summed E-state index contributed by atoms with van der Waals surface area (Å²) in [5.41, 5.74) is 2.20. The largest absolute Gasteiger partial charge is 0.496 e. The summed E-state index contributed by atoms with van der Waals surface area (Å²) in [5, 5.41) is 0. The predicted molar refractivity (Wildman–Crippen MR) is 102 cm³/mol. The van der Waals surface area contributed by atoms with Gasteiger partial charge in [0.25, 0.3) is 0 Å². The van der Waals surface area contributed by atoms with Gasteiger partial charge in [-0.15, -0.1) is 0 Å². The molecule has 0 atom stereocenters. The molecule has 0 saturated carbocycles. The van der Waals surface area contributed by atoms with Gasteiger partial charge in [-0.25, -0.2) is 0 Å². The Morgan fingerprint density at radius 1 is 0.720 bits per heavy atom. The highest BCUT2D eigenvalue weighted by Gasteiger charge is 2.12. The lowest BCUT2D eigenvalue weighted by molar-refractivity contribution is 0.282. The summed E-state index contributed by atoms with van der Waals surface area (Å²) < 4.78 is 18.1. The Bertz CT molecular complexity index is 739. The zero-order chi connectivity index (χ0) is 17.5. The first-order chi connectivity index (χ1) is 12.3. The first-order valence-electron chi connectivity index (χ1n) is 7.97. The topological polar surface area (TPSA) is 27.7 Å². The second-order valence-electron chi connectivity index (χ2n) is 5.49. The molecule has 3 aromatic rings. The van der Waals surface area contributed by atoms with E-state index in [2.05, 4.69) is 15.9 Å². The van der Waals surface area contributed by atoms with E-state index in [4.69, 9.17) is 14.2 Å². The molecule has 0 radical (unpaired) electrons. The number of ether oxygens (including phenoxy) is 3. The van der Waals surface area contributed by atoms with Gasteiger partial charge in [-0.1, -0.05) is 60.7 Å². The van der Waals surface area contributed by atoms with Crippen molar-refractivity contribution in [2.75, 3.05) is 7.11 Å². The molecule has 0 saturated heterocycles. The fourth-order valence-corrected chi connectivity index (χ4v) is 2.80. The minimum Gasteiger partial charge on any atom is -0.496 e. The Hall–Kier alpha value is -2.46. The number of hydrogen-bond donors (Lipinski definition) is 0. The number of hydrogen-bond acceptors (Lipinski definition) is 3. The summed E-state index contributed by atoms with van der Waals surface area (Å²) in [7, 11) is 1.63. The first kappa shape index (κ1) is 17.4. The van der Waals surface area contributed by atoms with Crippen LogP contribution in [0.1, 0.15) is 11.1 Å². The Labute approximate surface area is 156 Å². The average Bonchev–Trinajstić information content (AvgIpc) is 2.68. The number of halogens is 1. The van der Waals surface area contributed by atoms with Gasteiger partial charge in [0.1, 0.15) is 34.9 Å². The highest BCUT2D eigenvalue weighted by atomic mass is 79.9. The molecule has 3 nitrogen and oxygen atoms in total. The summed E-state index contributed by atoms with van der Waals surface area (Å²) in [6.45, 7) is 0.954. The molecule has 3 aromatic carbocycles. The van der Waals surface area contributed by atoms with Crippen molar-refractivity contribution in [3.63, 3.8) is 0 Å². The van der Waals surface area contributed by atoms with Gasteiger partial charge in [-0.3, -0.25) is 0 Å². The molecule has 0 spiro atoms. The minimum atomic E-state index is 0.477. The lowest BCUT2D eigenvalue weighted by Gasteiger charge is -2.15. The van der Waals surface area contributed by atoms with Gasteiger partial charge < -0.3 is 14.2 Å². The van der Waals surface area contributed by atoms with Crippen LogP contribution in [0.5, 0.6) is 17.2 Å². The van der Waals surface area contributed by atoms with Crippen molar-refractivity contribution in [1.82, 2.24) is 0 Å². The molecule has 3 rings (SSSR count). The van der Waals surface area contributed by atoms with E-state index in [0.717, 1.165) is 15.6 Å². The molecule has 0 N–H and O–H groups in total. The molecule has 0 bridgehead atoms. The summed E-state index contributed by atoms with van der Waals surface area (Å²) in [6, 6.07) is 23.8. The molecular formula is C21H19BrO3. The maximum Gasteiger partial charge on any atom is 0.141 e. The zero-order valence-electron chi connectivity index (χ0n) is 13.9. The smallest absolute Gasteiger partial charge is 0.141 e. The van der Waals surface area contributed by atoms with Crippen molar-refractivity contribution in [2.45, 2.75) is 13.2 Å². The van der Waals surface area contributed by atoms with Crippen molar-refractivity contribution < 1.29 is 14.2 Å². The number of benzene rings is 3. The normalized spacial score (nSPS) is 10.3. The highest BCUT2D eigenvalue weighted by molar-refractivity contribution is 9.10. The van der Waals surface area contributed by atoms with Crippen LogP contribution in [0.3, 0.4) is 0 Å². The standard InChI is InChI=1S/C21H19BrO3/c1-23-18-12-19(24-14-16-8-4-2-5-9-16)21(22)20(13-18)25-15-17-10-6-3-7-11-17/h2-13H,14-15H2,1H3. The van der Waals surface area contributed by atoms with Crippen LogP contribution >= 0.6 is 15.9 Å². The Kier molecular flexibility index (Phi) is 5.96. The fraction of sp³-hybridized carbons (Fsp3) is 0.143. The van der Waals surface area contributed by atoms with Crippen LogP contribution in [0.2, 0.25) is 0 Å². The molecule has 0 fully saturated rings. The SMILES string of the molecule is COc1cc(OCc2ccccc2)c(Br)c(OCc2ccccc2)c1. The van der Waals surface area contributed by atoms with Crippen molar-refractivity contribution in [2.24, 2.45) is 0 Å². The minimum absolute atomic E-state index is 0.477. The van der Waals surface area contributed by atoms with E-state index in [0.29, 0.717) is 30.5 Å². The number of rotatable bonds is 7. The van der Waals surface area contributed by atoms with Crippen LogP contribution in [-0.4, -0.2) is 7.11 Å². The molecule has 4 heteroatoms. The average molecular weight is 399 g/mol. The molecule has 0 heterocycles. The van der Waals surface area contributed by atoms with Gasteiger partial charge in [0.15, 0.2) is 0 Å². The van der Waals surface area contributed by atoms with Gasteiger partial charge in [0.2, 0.25) is 0 Å². The summed E-state index contributed by atoms with van der Waals surface area (Å²) in [5.74, 6) is 2.06. The van der Waals surface area contributed by atoms with E-state index >= 15 is 0 Å². The number of methoxy groups -OCH3 is 1. The molecular weight excluding hydrogens is 380 g/mol. The van der Waals surface area contributed by atoms with Crippen LogP contribution in [-0.2, 0) is 13.2 Å². The van der Waals surface area contributed by atoms with E-state index in [1.165, 1.54) is 0 Å². The summed E-state index contributed by atoms with van der Waals surface area (Å²) in [4.78, 5) is 0. The van der Waals surface area contributed by atoms with E-state index < -0.39 is 0 Å².